The van der Waals surface area contributed by atoms with Gasteiger partial charge in [-0.05, 0) is 40.2 Å². The van der Waals surface area contributed by atoms with Crippen LogP contribution < -0.4 is 10.6 Å². The van der Waals surface area contributed by atoms with Gasteiger partial charge in [0, 0.05) is 0 Å². The summed E-state index contributed by atoms with van der Waals surface area (Å²) in [6.07, 6.45) is -0.820. The molecule has 2 aliphatic rings. The molecule has 2 heterocycles. The number of carboxylic acids is 1. The molecule has 10 nitrogen and oxygen atoms in total. The van der Waals surface area contributed by atoms with Crippen molar-refractivity contribution in [1.29, 1.82) is 0 Å². The number of aliphatic carboxylic acids is 1. The minimum Gasteiger partial charge on any atom is -0.480 e. The summed E-state index contributed by atoms with van der Waals surface area (Å²) in [4.78, 5) is 50.8. The number of carbonyl (C=O) groups excluding carboxylic acids is 3. The van der Waals surface area contributed by atoms with E-state index in [2.05, 4.69) is 10.6 Å². The molecular weight excluding hydrogens is 438 g/mol. The highest BCUT2D eigenvalue weighted by Crippen LogP contribution is 2.43. The molecule has 5 atom stereocenters. The fourth-order valence-corrected chi connectivity index (χ4v) is 5.82. The van der Waals surface area contributed by atoms with Gasteiger partial charge in [0.15, 0.2) is 0 Å². The SMILES string of the molecule is CC(C)(C)OC(=O)N[C@@H](C(=O)N[C@@H]1C(=O)N2[C@@H]1S(=O)C(C)(C)[C@@H]2C(=O)O)c1ccccc1. The predicted molar refractivity (Wildman–Crippen MR) is 115 cm³/mol. The minimum atomic E-state index is -1.72. The number of carbonyl (C=O) groups is 4. The number of ether oxygens (including phenoxy) is 1. The molecule has 3 N–H and O–H groups in total. The standard InChI is InChI=1S/C21H27N3O7S/c1-20(2,3)31-19(29)23-12(11-9-7-6-8-10-11)15(25)22-13-16(26)24-14(18(27)28)21(4,5)32(30)17(13)24/h6-10,12-14,17H,1-5H3,(H,22,25)(H,23,29)(H,27,28)/t12-,13-,14+,17-,32?/m1/s1. The van der Waals surface area contributed by atoms with Gasteiger partial charge in [-0.2, -0.15) is 0 Å². The third-order valence-corrected chi connectivity index (χ3v) is 7.54. The number of alkyl carbamates (subject to hydrolysis) is 1. The molecule has 0 saturated carbocycles. The lowest BCUT2D eigenvalue weighted by atomic mass is 9.95. The third-order valence-electron chi connectivity index (χ3n) is 5.34. The van der Waals surface area contributed by atoms with Crippen molar-refractivity contribution in [2.45, 2.75) is 68.5 Å². The zero-order valence-corrected chi connectivity index (χ0v) is 19.3. The van der Waals surface area contributed by atoms with Gasteiger partial charge >= 0.3 is 12.1 Å². The number of amides is 3. The largest absolute Gasteiger partial charge is 0.480 e. The molecule has 3 rings (SSSR count). The molecule has 3 amide bonds. The fourth-order valence-electron chi connectivity index (χ4n) is 3.90. The Kier molecular flexibility index (Phi) is 6.07. The summed E-state index contributed by atoms with van der Waals surface area (Å²) in [5.74, 6) is -2.58. The van der Waals surface area contributed by atoms with E-state index in [0.717, 1.165) is 4.90 Å². The van der Waals surface area contributed by atoms with E-state index >= 15 is 0 Å². The minimum absolute atomic E-state index is 0.454. The van der Waals surface area contributed by atoms with Crippen LogP contribution in [0.3, 0.4) is 0 Å². The lowest BCUT2D eigenvalue weighted by molar-refractivity contribution is -0.161. The van der Waals surface area contributed by atoms with E-state index in [0.29, 0.717) is 5.56 Å². The van der Waals surface area contributed by atoms with Gasteiger partial charge < -0.3 is 25.4 Å². The second kappa shape index (κ2) is 8.19. The first-order valence-electron chi connectivity index (χ1n) is 10.1. The predicted octanol–water partition coefficient (Wildman–Crippen LogP) is 0.900. The molecule has 1 aromatic rings. The van der Waals surface area contributed by atoms with Crippen molar-refractivity contribution in [3.05, 3.63) is 35.9 Å². The first-order chi connectivity index (χ1) is 14.8. The van der Waals surface area contributed by atoms with Crippen molar-refractivity contribution in [2.75, 3.05) is 0 Å². The van der Waals surface area contributed by atoms with Gasteiger partial charge in [0.2, 0.25) is 11.8 Å². The molecule has 0 radical (unpaired) electrons. The molecule has 0 spiro atoms. The first kappa shape index (κ1) is 23.7. The maximum Gasteiger partial charge on any atom is 0.408 e. The molecule has 2 saturated heterocycles. The van der Waals surface area contributed by atoms with Crippen molar-refractivity contribution < 1.29 is 33.2 Å². The average molecular weight is 466 g/mol. The molecule has 174 valence electrons. The number of hydrogen-bond donors (Lipinski definition) is 3. The lowest BCUT2D eigenvalue weighted by Gasteiger charge is -2.43. The van der Waals surface area contributed by atoms with E-state index in [1.54, 1.807) is 51.1 Å². The molecule has 0 bridgehead atoms. The number of nitrogens with one attached hydrogen (secondary N) is 2. The Labute approximate surface area is 188 Å². The molecule has 32 heavy (non-hydrogen) atoms. The quantitative estimate of drug-likeness (QED) is 0.549. The van der Waals surface area contributed by atoms with Crippen molar-refractivity contribution in [2.24, 2.45) is 0 Å². The molecule has 0 aliphatic carbocycles. The van der Waals surface area contributed by atoms with Crippen LogP contribution >= 0.6 is 0 Å². The highest BCUT2D eigenvalue weighted by Gasteiger charge is 2.68. The van der Waals surface area contributed by atoms with Crippen molar-refractivity contribution >= 4 is 34.7 Å². The monoisotopic (exact) mass is 465 g/mol. The smallest absolute Gasteiger partial charge is 0.408 e. The lowest BCUT2D eigenvalue weighted by Crippen LogP contribution is -2.72. The van der Waals surface area contributed by atoms with E-state index in [9.17, 15) is 28.5 Å². The third kappa shape index (κ3) is 4.21. The van der Waals surface area contributed by atoms with Crippen LogP contribution in [-0.2, 0) is 29.9 Å². The fraction of sp³-hybridized carbons (Fsp3) is 0.524. The van der Waals surface area contributed by atoms with Crippen LogP contribution in [0.2, 0.25) is 0 Å². The van der Waals surface area contributed by atoms with Crippen LogP contribution in [0.5, 0.6) is 0 Å². The Morgan fingerprint density at radius 1 is 1.19 bits per heavy atom. The molecule has 2 aliphatic heterocycles. The van der Waals surface area contributed by atoms with Gasteiger partial charge in [-0.1, -0.05) is 30.3 Å². The number of fused-ring (bicyclic) bond motifs is 1. The van der Waals surface area contributed by atoms with Gasteiger partial charge in [-0.25, -0.2) is 9.59 Å². The Morgan fingerprint density at radius 2 is 1.78 bits per heavy atom. The van der Waals surface area contributed by atoms with Gasteiger partial charge in [0.1, 0.15) is 29.1 Å². The highest BCUT2D eigenvalue weighted by molar-refractivity contribution is 7.87. The molecule has 1 aromatic carbocycles. The normalized spacial score (nSPS) is 27.0. The molecule has 1 unspecified atom stereocenters. The number of hydrogen-bond acceptors (Lipinski definition) is 6. The van der Waals surface area contributed by atoms with Crippen molar-refractivity contribution in [1.82, 2.24) is 15.5 Å². The first-order valence-corrected chi connectivity index (χ1v) is 11.3. The summed E-state index contributed by atoms with van der Waals surface area (Å²) in [5, 5.41) is 13.6. The summed E-state index contributed by atoms with van der Waals surface area (Å²) in [6.45, 7) is 8.08. The number of benzene rings is 1. The number of carboxylic acid groups (broad SMARTS) is 1. The van der Waals surface area contributed by atoms with Crippen LogP contribution in [0.1, 0.15) is 46.2 Å². The van der Waals surface area contributed by atoms with Gasteiger partial charge in [-0.3, -0.25) is 13.8 Å². The second-order valence-corrected chi connectivity index (χ2v) is 11.4. The highest BCUT2D eigenvalue weighted by atomic mass is 32.2. The van der Waals surface area contributed by atoms with Crippen molar-refractivity contribution in [3.63, 3.8) is 0 Å². The topological polar surface area (TPSA) is 142 Å². The maximum absolute atomic E-state index is 13.1. The van der Waals surface area contributed by atoms with E-state index in [1.165, 1.54) is 13.8 Å². The zero-order chi connectivity index (χ0) is 24.0. The average Bonchev–Trinajstić information content (AvgIpc) is 2.87. The van der Waals surface area contributed by atoms with Gasteiger partial charge in [-0.15, -0.1) is 0 Å². The van der Waals surface area contributed by atoms with Crippen LogP contribution in [0.25, 0.3) is 0 Å². The number of rotatable bonds is 5. The molecular formula is C21H27N3O7S. The summed E-state index contributed by atoms with van der Waals surface area (Å²) >= 11 is 0. The Morgan fingerprint density at radius 3 is 2.31 bits per heavy atom. The number of nitrogens with zero attached hydrogens (tertiary/aromatic N) is 1. The molecule has 2 fully saturated rings. The second-order valence-electron chi connectivity index (χ2n) is 9.25. The van der Waals surface area contributed by atoms with Crippen LogP contribution in [0.4, 0.5) is 4.79 Å². The Balaban J connectivity index is 1.81. The Bertz CT molecular complexity index is 973. The van der Waals surface area contributed by atoms with E-state index in [4.69, 9.17) is 4.74 Å². The van der Waals surface area contributed by atoms with Crippen molar-refractivity contribution in [3.8, 4) is 0 Å². The molecule has 11 heteroatoms. The summed E-state index contributed by atoms with van der Waals surface area (Å²) in [5.41, 5.74) is -0.333. The van der Waals surface area contributed by atoms with Crippen LogP contribution in [-0.4, -0.2) is 65.9 Å². The summed E-state index contributed by atoms with van der Waals surface area (Å²) in [7, 11) is -1.72. The van der Waals surface area contributed by atoms with Gasteiger partial charge in [0.05, 0.1) is 15.5 Å². The maximum atomic E-state index is 13.1. The van der Waals surface area contributed by atoms with E-state index < -0.39 is 68.5 Å². The molecule has 0 aromatic heterocycles. The number of β-lactam (4-membered cyclic amide) rings is 1. The van der Waals surface area contributed by atoms with E-state index in [-0.39, 0.29) is 0 Å². The zero-order valence-electron chi connectivity index (χ0n) is 18.4. The summed E-state index contributed by atoms with van der Waals surface area (Å²) in [6, 6.07) is 4.81. The summed E-state index contributed by atoms with van der Waals surface area (Å²) < 4.78 is 17.0. The van der Waals surface area contributed by atoms with Crippen LogP contribution in [0, 0.1) is 0 Å². The van der Waals surface area contributed by atoms with Crippen LogP contribution in [0.15, 0.2) is 30.3 Å². The van der Waals surface area contributed by atoms with Gasteiger partial charge in [0.25, 0.3) is 0 Å². The Hall–Kier alpha value is -2.95. The van der Waals surface area contributed by atoms with E-state index in [1.807, 2.05) is 0 Å².